The Kier molecular flexibility index (Phi) is 4.12. The lowest BCUT2D eigenvalue weighted by Gasteiger charge is -2.32. The van der Waals surface area contributed by atoms with Gasteiger partial charge in [-0.3, -0.25) is 4.90 Å². The third-order valence-corrected chi connectivity index (χ3v) is 4.50. The Bertz CT molecular complexity index is 548. The van der Waals surface area contributed by atoms with Crippen LogP contribution in [-0.2, 0) is 13.1 Å². The Morgan fingerprint density at radius 1 is 1.40 bits per heavy atom. The first-order chi connectivity index (χ1) is 9.70. The highest BCUT2D eigenvalue weighted by Gasteiger charge is 2.21. The van der Waals surface area contributed by atoms with E-state index >= 15 is 0 Å². The van der Waals surface area contributed by atoms with Gasteiger partial charge in [0.25, 0.3) is 0 Å². The Hall–Kier alpha value is -1.27. The quantitative estimate of drug-likeness (QED) is 0.867. The standard InChI is InChI=1S/C14H21N5S/c1-11-16-12(2)19(17-11)7-13-4-3-5-18(6-13)8-14-9-20-10-15-14/h9-10,13H,3-8H2,1-2H3/t13-/m1/s1. The van der Waals surface area contributed by atoms with E-state index in [4.69, 9.17) is 0 Å². The van der Waals surface area contributed by atoms with Crippen LogP contribution < -0.4 is 0 Å². The van der Waals surface area contributed by atoms with Gasteiger partial charge in [-0.1, -0.05) is 0 Å². The molecule has 0 N–H and O–H groups in total. The van der Waals surface area contributed by atoms with E-state index in [0.29, 0.717) is 5.92 Å². The van der Waals surface area contributed by atoms with Gasteiger partial charge in [-0.25, -0.2) is 14.6 Å². The zero-order chi connectivity index (χ0) is 13.9. The smallest absolute Gasteiger partial charge is 0.147 e. The van der Waals surface area contributed by atoms with Gasteiger partial charge in [0.05, 0.1) is 11.2 Å². The lowest BCUT2D eigenvalue weighted by atomic mass is 9.98. The second-order valence-electron chi connectivity index (χ2n) is 5.61. The van der Waals surface area contributed by atoms with E-state index in [-0.39, 0.29) is 0 Å². The largest absolute Gasteiger partial charge is 0.297 e. The van der Waals surface area contributed by atoms with Crippen molar-refractivity contribution >= 4 is 11.3 Å². The van der Waals surface area contributed by atoms with Crippen LogP contribution in [0.3, 0.4) is 0 Å². The molecule has 1 aliphatic heterocycles. The summed E-state index contributed by atoms with van der Waals surface area (Å²) in [4.78, 5) is 11.3. The number of hydrogen-bond donors (Lipinski definition) is 0. The van der Waals surface area contributed by atoms with Crippen LogP contribution >= 0.6 is 11.3 Å². The predicted molar refractivity (Wildman–Crippen MR) is 79.6 cm³/mol. The van der Waals surface area contributed by atoms with Crippen LogP contribution in [0.4, 0.5) is 0 Å². The summed E-state index contributed by atoms with van der Waals surface area (Å²) in [5.41, 5.74) is 3.11. The molecule has 1 saturated heterocycles. The minimum Gasteiger partial charge on any atom is -0.297 e. The van der Waals surface area contributed by atoms with Crippen LogP contribution in [0.2, 0.25) is 0 Å². The van der Waals surface area contributed by atoms with Gasteiger partial charge in [-0.05, 0) is 39.2 Å². The molecule has 0 unspecified atom stereocenters. The SMILES string of the molecule is Cc1nc(C)n(C[C@@H]2CCCN(Cc3cscn3)C2)n1. The lowest BCUT2D eigenvalue weighted by molar-refractivity contribution is 0.151. The van der Waals surface area contributed by atoms with Crippen molar-refractivity contribution in [2.75, 3.05) is 13.1 Å². The molecule has 0 aromatic carbocycles. The molecule has 0 saturated carbocycles. The molecule has 108 valence electrons. The molecule has 3 heterocycles. The maximum atomic E-state index is 4.48. The molecule has 3 rings (SSSR count). The van der Waals surface area contributed by atoms with Gasteiger partial charge < -0.3 is 0 Å². The molecule has 5 nitrogen and oxygen atoms in total. The van der Waals surface area contributed by atoms with Gasteiger partial charge in [0, 0.05) is 25.0 Å². The summed E-state index contributed by atoms with van der Waals surface area (Å²) >= 11 is 1.68. The molecule has 1 fully saturated rings. The third-order valence-electron chi connectivity index (χ3n) is 3.87. The first-order valence-corrected chi connectivity index (χ1v) is 8.12. The molecule has 1 aliphatic rings. The van der Waals surface area contributed by atoms with Crippen LogP contribution in [0.5, 0.6) is 0 Å². The molecule has 0 aliphatic carbocycles. The van der Waals surface area contributed by atoms with Crippen molar-refractivity contribution in [1.29, 1.82) is 0 Å². The monoisotopic (exact) mass is 291 g/mol. The highest BCUT2D eigenvalue weighted by Crippen LogP contribution is 2.20. The van der Waals surface area contributed by atoms with E-state index in [0.717, 1.165) is 31.3 Å². The van der Waals surface area contributed by atoms with Crippen molar-refractivity contribution in [2.24, 2.45) is 5.92 Å². The zero-order valence-corrected chi connectivity index (χ0v) is 12.9. The Balaban J connectivity index is 1.59. The van der Waals surface area contributed by atoms with Crippen molar-refractivity contribution in [3.63, 3.8) is 0 Å². The van der Waals surface area contributed by atoms with Gasteiger partial charge in [-0.15, -0.1) is 11.3 Å². The summed E-state index contributed by atoms with van der Waals surface area (Å²) in [6.07, 6.45) is 2.55. The van der Waals surface area contributed by atoms with Gasteiger partial charge in [-0.2, -0.15) is 5.10 Å². The number of hydrogen-bond acceptors (Lipinski definition) is 5. The number of likely N-dealkylation sites (tertiary alicyclic amines) is 1. The van der Waals surface area contributed by atoms with E-state index in [1.807, 2.05) is 19.4 Å². The van der Waals surface area contributed by atoms with Gasteiger partial charge in [0.2, 0.25) is 0 Å². The molecule has 1 atom stereocenters. The maximum Gasteiger partial charge on any atom is 0.147 e. The van der Waals surface area contributed by atoms with Gasteiger partial charge in [0.15, 0.2) is 0 Å². The molecule has 0 bridgehead atoms. The fourth-order valence-corrected chi connectivity index (χ4v) is 3.52. The average Bonchev–Trinajstić information content (AvgIpc) is 3.01. The molecule has 0 radical (unpaired) electrons. The number of thiazole rings is 1. The Morgan fingerprint density at radius 3 is 3.00 bits per heavy atom. The fraction of sp³-hybridized carbons (Fsp3) is 0.643. The van der Waals surface area contributed by atoms with Crippen molar-refractivity contribution in [2.45, 2.75) is 39.8 Å². The van der Waals surface area contributed by atoms with Gasteiger partial charge in [0.1, 0.15) is 11.6 Å². The number of aryl methyl sites for hydroxylation is 2. The van der Waals surface area contributed by atoms with Crippen molar-refractivity contribution in [1.82, 2.24) is 24.6 Å². The minimum absolute atomic E-state index is 0.669. The molecule has 6 heteroatoms. The Labute approximate surface area is 123 Å². The van der Waals surface area contributed by atoms with Crippen molar-refractivity contribution < 1.29 is 0 Å². The van der Waals surface area contributed by atoms with Crippen molar-refractivity contribution in [3.8, 4) is 0 Å². The number of nitrogens with zero attached hydrogens (tertiary/aromatic N) is 5. The molecule has 0 amide bonds. The molecular formula is C14H21N5S. The van der Waals surface area contributed by atoms with Crippen molar-refractivity contribution in [3.05, 3.63) is 28.2 Å². The highest BCUT2D eigenvalue weighted by atomic mass is 32.1. The maximum absolute atomic E-state index is 4.48. The highest BCUT2D eigenvalue weighted by molar-refractivity contribution is 7.07. The van der Waals surface area contributed by atoms with Gasteiger partial charge >= 0.3 is 0 Å². The zero-order valence-electron chi connectivity index (χ0n) is 12.1. The lowest BCUT2D eigenvalue weighted by Crippen LogP contribution is -2.36. The summed E-state index contributed by atoms with van der Waals surface area (Å²) in [6.45, 7) is 8.28. The molecule has 20 heavy (non-hydrogen) atoms. The summed E-state index contributed by atoms with van der Waals surface area (Å²) in [7, 11) is 0. The van der Waals surface area contributed by atoms with E-state index in [9.17, 15) is 0 Å². The number of piperidine rings is 1. The van der Waals surface area contributed by atoms with E-state index in [2.05, 4.69) is 30.0 Å². The number of rotatable bonds is 4. The van der Waals surface area contributed by atoms with E-state index in [1.54, 1.807) is 11.3 Å². The topological polar surface area (TPSA) is 46.8 Å². The molecule has 2 aromatic rings. The predicted octanol–water partition coefficient (Wildman–Crippen LogP) is 2.26. The van der Waals surface area contributed by atoms with Crippen LogP contribution in [0.25, 0.3) is 0 Å². The fourth-order valence-electron chi connectivity index (χ4n) is 2.97. The summed E-state index contributed by atoms with van der Waals surface area (Å²) < 4.78 is 2.06. The Morgan fingerprint density at radius 2 is 2.30 bits per heavy atom. The molecule has 0 spiro atoms. The second kappa shape index (κ2) is 6.01. The van der Waals surface area contributed by atoms with Crippen LogP contribution in [-0.4, -0.2) is 37.7 Å². The molecule has 2 aromatic heterocycles. The first kappa shape index (κ1) is 13.7. The minimum atomic E-state index is 0.669. The summed E-state index contributed by atoms with van der Waals surface area (Å²) in [5.74, 6) is 2.57. The number of aromatic nitrogens is 4. The second-order valence-corrected chi connectivity index (χ2v) is 6.33. The van der Waals surface area contributed by atoms with E-state index in [1.165, 1.54) is 25.1 Å². The molecular weight excluding hydrogens is 270 g/mol. The summed E-state index contributed by atoms with van der Waals surface area (Å²) in [5, 5.41) is 6.63. The normalized spacial score (nSPS) is 20.4. The third kappa shape index (κ3) is 3.24. The average molecular weight is 291 g/mol. The van der Waals surface area contributed by atoms with E-state index < -0.39 is 0 Å². The van der Waals surface area contributed by atoms with Crippen LogP contribution in [0.15, 0.2) is 10.9 Å². The van der Waals surface area contributed by atoms with Crippen LogP contribution in [0, 0.1) is 19.8 Å². The first-order valence-electron chi connectivity index (χ1n) is 7.18. The van der Waals surface area contributed by atoms with Crippen LogP contribution in [0.1, 0.15) is 30.2 Å². The summed E-state index contributed by atoms with van der Waals surface area (Å²) in [6, 6.07) is 0.